The van der Waals surface area contributed by atoms with Crippen LogP contribution >= 0.6 is 23.4 Å². The first-order valence-electron chi connectivity index (χ1n) is 7.11. The van der Waals surface area contributed by atoms with Crippen molar-refractivity contribution >= 4 is 47.0 Å². The summed E-state index contributed by atoms with van der Waals surface area (Å²) in [4.78, 5) is 24.5. The molecular weight excluding hydrogens is 346 g/mol. The molecule has 0 aliphatic carbocycles. The fourth-order valence-corrected chi connectivity index (χ4v) is 2.52. The van der Waals surface area contributed by atoms with E-state index < -0.39 is 11.9 Å². The second-order valence-electron chi connectivity index (χ2n) is 4.78. The van der Waals surface area contributed by atoms with Gasteiger partial charge in [0.1, 0.15) is 0 Å². The third kappa shape index (κ3) is 6.10. The Kier molecular flexibility index (Phi) is 6.90. The molecule has 6 heteroatoms. The van der Waals surface area contributed by atoms with Crippen LogP contribution in [0.3, 0.4) is 0 Å². The third-order valence-corrected chi connectivity index (χ3v) is 3.92. The van der Waals surface area contributed by atoms with Crippen molar-refractivity contribution in [2.45, 2.75) is 4.90 Å². The first-order valence-corrected chi connectivity index (χ1v) is 8.71. The van der Waals surface area contributed by atoms with E-state index in [-0.39, 0.29) is 6.61 Å². The molecule has 1 N–H and O–H groups in total. The molecule has 1 amide bonds. The summed E-state index contributed by atoms with van der Waals surface area (Å²) in [5, 5.41) is 3.26. The van der Waals surface area contributed by atoms with Gasteiger partial charge in [-0.25, -0.2) is 4.79 Å². The van der Waals surface area contributed by atoms with Crippen LogP contribution in [0.25, 0.3) is 6.08 Å². The molecule has 2 aromatic rings. The van der Waals surface area contributed by atoms with Gasteiger partial charge >= 0.3 is 5.97 Å². The van der Waals surface area contributed by atoms with Crippen molar-refractivity contribution in [2.75, 3.05) is 18.2 Å². The monoisotopic (exact) mass is 361 g/mol. The Balaban J connectivity index is 1.81. The van der Waals surface area contributed by atoms with Gasteiger partial charge in [0, 0.05) is 21.7 Å². The second-order valence-corrected chi connectivity index (χ2v) is 6.09. The van der Waals surface area contributed by atoms with E-state index in [4.69, 9.17) is 16.3 Å². The largest absolute Gasteiger partial charge is 0.452 e. The van der Waals surface area contributed by atoms with Gasteiger partial charge in [-0.2, -0.15) is 0 Å². The Morgan fingerprint density at radius 3 is 2.75 bits per heavy atom. The minimum absolute atomic E-state index is 0.345. The molecule has 0 heterocycles. The van der Waals surface area contributed by atoms with Crippen LogP contribution in [0.5, 0.6) is 0 Å². The van der Waals surface area contributed by atoms with Crippen LogP contribution in [-0.4, -0.2) is 24.7 Å². The predicted molar refractivity (Wildman–Crippen MR) is 98.3 cm³/mol. The van der Waals surface area contributed by atoms with E-state index in [0.717, 1.165) is 10.5 Å². The molecule has 0 saturated carbocycles. The van der Waals surface area contributed by atoms with Gasteiger partial charge in [0.15, 0.2) is 6.61 Å². The van der Waals surface area contributed by atoms with Crippen molar-refractivity contribution in [3.05, 3.63) is 65.2 Å². The molecule has 2 rings (SSSR count). The van der Waals surface area contributed by atoms with Crippen molar-refractivity contribution in [3.63, 3.8) is 0 Å². The highest BCUT2D eigenvalue weighted by Crippen LogP contribution is 2.18. The maximum absolute atomic E-state index is 11.8. The molecule has 124 valence electrons. The number of amides is 1. The molecule has 0 spiro atoms. The normalized spacial score (nSPS) is 10.6. The van der Waals surface area contributed by atoms with E-state index in [2.05, 4.69) is 5.32 Å². The molecule has 0 aliphatic rings. The lowest BCUT2D eigenvalue weighted by atomic mass is 10.2. The van der Waals surface area contributed by atoms with Crippen molar-refractivity contribution in [1.82, 2.24) is 0 Å². The molecule has 0 bridgehead atoms. The molecule has 0 aromatic heterocycles. The van der Waals surface area contributed by atoms with Crippen molar-refractivity contribution in [2.24, 2.45) is 0 Å². The molecule has 0 atom stereocenters. The topological polar surface area (TPSA) is 55.4 Å². The number of ether oxygens (including phenoxy) is 1. The summed E-state index contributed by atoms with van der Waals surface area (Å²) in [6.45, 7) is -0.345. The zero-order chi connectivity index (χ0) is 17.4. The molecule has 0 aliphatic heterocycles. The number of benzene rings is 2. The van der Waals surface area contributed by atoms with E-state index in [1.54, 1.807) is 48.2 Å². The Bertz CT molecular complexity index is 761. The summed E-state index contributed by atoms with van der Waals surface area (Å²) in [5.74, 6) is -0.985. The van der Waals surface area contributed by atoms with Gasteiger partial charge in [-0.1, -0.05) is 29.8 Å². The highest BCUT2D eigenvalue weighted by Gasteiger charge is 2.06. The number of anilines is 1. The average molecular weight is 362 g/mol. The average Bonchev–Trinajstić information content (AvgIpc) is 2.58. The predicted octanol–water partition coefficient (Wildman–Crippen LogP) is 4.26. The number of nitrogens with one attached hydrogen (secondary N) is 1. The smallest absolute Gasteiger partial charge is 0.331 e. The quantitative estimate of drug-likeness (QED) is 0.474. The van der Waals surface area contributed by atoms with Crippen molar-refractivity contribution in [3.8, 4) is 0 Å². The minimum atomic E-state index is -0.594. The number of thioether (sulfide) groups is 1. The van der Waals surface area contributed by atoms with E-state index >= 15 is 0 Å². The Hall–Kier alpha value is -2.24. The van der Waals surface area contributed by atoms with Gasteiger partial charge < -0.3 is 10.1 Å². The van der Waals surface area contributed by atoms with Gasteiger partial charge in [0.25, 0.3) is 5.91 Å². The zero-order valence-corrected chi connectivity index (χ0v) is 14.6. The van der Waals surface area contributed by atoms with E-state index in [1.165, 1.54) is 6.08 Å². The molecule has 4 nitrogen and oxygen atoms in total. The van der Waals surface area contributed by atoms with Crippen LogP contribution in [0, 0.1) is 0 Å². The molecule has 0 saturated heterocycles. The maximum atomic E-state index is 11.8. The Morgan fingerprint density at radius 2 is 2.00 bits per heavy atom. The fraction of sp³-hybridized carbons (Fsp3) is 0.111. The molecule has 0 fully saturated rings. The lowest BCUT2D eigenvalue weighted by Gasteiger charge is -2.06. The number of esters is 1. The minimum Gasteiger partial charge on any atom is -0.452 e. The number of carbonyl (C=O) groups excluding carboxylic acids is 2. The molecule has 0 unspecified atom stereocenters. The lowest BCUT2D eigenvalue weighted by molar-refractivity contribution is -0.142. The molecule has 24 heavy (non-hydrogen) atoms. The third-order valence-electron chi connectivity index (χ3n) is 2.96. The summed E-state index contributed by atoms with van der Waals surface area (Å²) in [7, 11) is 0. The lowest BCUT2D eigenvalue weighted by Crippen LogP contribution is -2.20. The number of carbonyl (C=O) groups is 2. The number of hydrogen-bond acceptors (Lipinski definition) is 4. The van der Waals surface area contributed by atoms with Crippen LogP contribution in [0.1, 0.15) is 5.56 Å². The summed E-state index contributed by atoms with van der Waals surface area (Å²) in [6, 6.07) is 14.5. The fourth-order valence-electron chi connectivity index (χ4n) is 1.86. The first-order chi connectivity index (χ1) is 11.6. The Labute approximate surface area is 149 Å². The van der Waals surface area contributed by atoms with Crippen LogP contribution in [0.4, 0.5) is 5.69 Å². The standard InChI is InChI=1S/C18H16ClNO3S/c1-24-16-7-3-6-15(11-16)20-17(21)12-23-18(22)9-8-13-4-2-5-14(19)10-13/h2-11H,12H2,1H3,(H,20,21)/b9-8+. The van der Waals surface area contributed by atoms with Crippen molar-refractivity contribution in [1.29, 1.82) is 0 Å². The molecule has 0 radical (unpaired) electrons. The first kappa shape index (κ1) is 18.1. The van der Waals surface area contributed by atoms with Crippen LogP contribution in [-0.2, 0) is 14.3 Å². The number of halogens is 1. The van der Waals surface area contributed by atoms with Gasteiger partial charge in [-0.05, 0) is 48.2 Å². The van der Waals surface area contributed by atoms with E-state index in [9.17, 15) is 9.59 Å². The molecular formula is C18H16ClNO3S. The number of hydrogen-bond donors (Lipinski definition) is 1. The summed E-state index contributed by atoms with van der Waals surface area (Å²) >= 11 is 7.44. The maximum Gasteiger partial charge on any atom is 0.331 e. The van der Waals surface area contributed by atoms with Gasteiger partial charge in [-0.3, -0.25) is 4.79 Å². The summed E-state index contributed by atoms with van der Waals surface area (Å²) in [6.07, 6.45) is 4.79. The molecule has 2 aromatic carbocycles. The summed E-state index contributed by atoms with van der Waals surface area (Å²) in [5.41, 5.74) is 1.44. The van der Waals surface area contributed by atoms with E-state index in [0.29, 0.717) is 10.7 Å². The van der Waals surface area contributed by atoms with Crippen LogP contribution < -0.4 is 5.32 Å². The Morgan fingerprint density at radius 1 is 1.21 bits per heavy atom. The highest BCUT2D eigenvalue weighted by molar-refractivity contribution is 7.98. The SMILES string of the molecule is CSc1cccc(NC(=O)COC(=O)/C=C/c2cccc(Cl)c2)c1. The zero-order valence-electron chi connectivity index (χ0n) is 13.0. The van der Waals surface area contributed by atoms with Gasteiger partial charge in [0.05, 0.1) is 0 Å². The van der Waals surface area contributed by atoms with Crippen LogP contribution in [0.2, 0.25) is 5.02 Å². The number of rotatable bonds is 6. The van der Waals surface area contributed by atoms with Gasteiger partial charge in [0.2, 0.25) is 0 Å². The summed E-state index contributed by atoms with van der Waals surface area (Å²) < 4.78 is 4.91. The van der Waals surface area contributed by atoms with Gasteiger partial charge in [-0.15, -0.1) is 11.8 Å². The highest BCUT2D eigenvalue weighted by atomic mass is 35.5. The van der Waals surface area contributed by atoms with E-state index in [1.807, 2.05) is 24.5 Å². The second kappa shape index (κ2) is 9.15. The van der Waals surface area contributed by atoms with Crippen LogP contribution in [0.15, 0.2) is 59.5 Å². The van der Waals surface area contributed by atoms with Crippen molar-refractivity contribution < 1.29 is 14.3 Å².